The summed E-state index contributed by atoms with van der Waals surface area (Å²) in [5.41, 5.74) is 0.298. The third-order valence-corrected chi connectivity index (χ3v) is 3.41. The van der Waals surface area contributed by atoms with Gasteiger partial charge in [-0.2, -0.15) is 0 Å². The summed E-state index contributed by atoms with van der Waals surface area (Å²) in [6, 6.07) is 6.70. The Labute approximate surface area is 137 Å². The van der Waals surface area contributed by atoms with Crippen LogP contribution in [-0.2, 0) is 11.3 Å². The molecular formula is C16H14ClF2NO3. The number of carbonyl (C=O) groups excluding carboxylic acids is 1. The number of benzene rings is 2. The van der Waals surface area contributed by atoms with Crippen molar-refractivity contribution in [3.05, 3.63) is 58.1 Å². The minimum absolute atomic E-state index is 0.0335. The van der Waals surface area contributed by atoms with Gasteiger partial charge in [-0.25, -0.2) is 13.6 Å². The lowest BCUT2D eigenvalue weighted by Gasteiger charge is -2.13. The molecule has 2 rings (SSSR count). The molecule has 0 aliphatic rings. The number of hydrogen-bond acceptors (Lipinski definition) is 4. The molecule has 0 aliphatic carbocycles. The van der Waals surface area contributed by atoms with E-state index in [2.05, 4.69) is 10.1 Å². The molecule has 122 valence electrons. The molecule has 0 aromatic heterocycles. The maximum Gasteiger partial charge on any atom is 0.340 e. The number of ether oxygens (including phenoxy) is 2. The molecule has 0 unspecified atom stereocenters. The van der Waals surface area contributed by atoms with E-state index in [1.165, 1.54) is 7.11 Å². The van der Waals surface area contributed by atoms with Gasteiger partial charge in [0.05, 0.1) is 25.5 Å². The summed E-state index contributed by atoms with van der Waals surface area (Å²) >= 11 is 5.92. The minimum Gasteiger partial charge on any atom is -0.496 e. The third kappa shape index (κ3) is 3.90. The zero-order chi connectivity index (χ0) is 17.0. The average molecular weight is 342 g/mol. The molecule has 0 atom stereocenters. The topological polar surface area (TPSA) is 47.6 Å². The number of halogens is 3. The molecule has 0 heterocycles. The van der Waals surface area contributed by atoms with E-state index < -0.39 is 17.6 Å². The van der Waals surface area contributed by atoms with Crippen LogP contribution in [0.1, 0.15) is 15.9 Å². The number of hydrogen-bond donors (Lipinski definition) is 1. The standard InChI is InChI=1S/C16H14ClF2NO3/c1-22-15-4-3-10(17)5-9(15)8-20-14-6-11(16(21)23-2)12(18)7-13(14)19/h3-7,20H,8H2,1-2H3. The normalized spacial score (nSPS) is 10.3. The van der Waals surface area contributed by atoms with E-state index in [0.29, 0.717) is 22.4 Å². The molecule has 0 aliphatic heterocycles. The second-order valence-corrected chi connectivity index (χ2v) is 5.05. The van der Waals surface area contributed by atoms with Crippen LogP contribution in [0, 0.1) is 11.6 Å². The van der Waals surface area contributed by atoms with Crippen LogP contribution in [0.5, 0.6) is 5.75 Å². The number of esters is 1. The fourth-order valence-corrected chi connectivity index (χ4v) is 2.22. The van der Waals surface area contributed by atoms with Gasteiger partial charge in [-0.3, -0.25) is 0 Å². The van der Waals surface area contributed by atoms with Crippen molar-refractivity contribution in [3.63, 3.8) is 0 Å². The Morgan fingerprint density at radius 3 is 2.57 bits per heavy atom. The zero-order valence-corrected chi connectivity index (χ0v) is 13.2. The van der Waals surface area contributed by atoms with Crippen LogP contribution in [0.2, 0.25) is 5.02 Å². The van der Waals surface area contributed by atoms with E-state index in [4.69, 9.17) is 16.3 Å². The van der Waals surface area contributed by atoms with Crippen LogP contribution < -0.4 is 10.1 Å². The minimum atomic E-state index is -0.986. The molecule has 1 N–H and O–H groups in total. The molecule has 7 heteroatoms. The first-order chi connectivity index (χ1) is 11.0. The number of anilines is 1. The Morgan fingerprint density at radius 2 is 1.91 bits per heavy atom. The number of rotatable bonds is 5. The molecule has 0 spiro atoms. The lowest BCUT2D eigenvalue weighted by Crippen LogP contribution is -2.09. The van der Waals surface area contributed by atoms with Gasteiger partial charge in [0.15, 0.2) is 0 Å². The predicted molar refractivity (Wildman–Crippen MR) is 83.0 cm³/mol. The first-order valence-electron chi connectivity index (χ1n) is 6.60. The van der Waals surface area contributed by atoms with Gasteiger partial charge in [-0.1, -0.05) is 11.6 Å². The van der Waals surface area contributed by atoms with Crippen LogP contribution in [0.4, 0.5) is 14.5 Å². The van der Waals surface area contributed by atoms with Crippen molar-refractivity contribution < 1.29 is 23.0 Å². The van der Waals surface area contributed by atoms with Gasteiger partial charge >= 0.3 is 5.97 Å². The Hall–Kier alpha value is -2.34. The van der Waals surface area contributed by atoms with Gasteiger partial charge in [0, 0.05) is 23.2 Å². The molecule has 0 radical (unpaired) electrons. The predicted octanol–water partition coefficient (Wildman–Crippen LogP) is 4.03. The van der Waals surface area contributed by atoms with E-state index in [0.717, 1.165) is 13.2 Å². The van der Waals surface area contributed by atoms with E-state index in [9.17, 15) is 13.6 Å². The van der Waals surface area contributed by atoms with Crippen LogP contribution >= 0.6 is 11.6 Å². The second kappa shape index (κ2) is 7.28. The van der Waals surface area contributed by atoms with Crippen LogP contribution in [-0.4, -0.2) is 20.2 Å². The van der Waals surface area contributed by atoms with E-state index in [-0.39, 0.29) is 17.8 Å². The largest absolute Gasteiger partial charge is 0.496 e. The number of carbonyl (C=O) groups is 1. The highest BCUT2D eigenvalue weighted by Gasteiger charge is 2.16. The van der Waals surface area contributed by atoms with Crippen molar-refractivity contribution in [1.82, 2.24) is 0 Å². The third-order valence-electron chi connectivity index (χ3n) is 3.17. The highest BCUT2D eigenvalue weighted by atomic mass is 35.5. The van der Waals surface area contributed by atoms with Gasteiger partial charge < -0.3 is 14.8 Å². The summed E-state index contributed by atoms with van der Waals surface area (Å²) in [5, 5.41) is 3.29. The monoisotopic (exact) mass is 341 g/mol. The summed E-state index contributed by atoms with van der Waals surface area (Å²) in [5.74, 6) is -2.13. The number of nitrogens with one attached hydrogen (secondary N) is 1. The first-order valence-corrected chi connectivity index (χ1v) is 6.97. The van der Waals surface area contributed by atoms with Crippen LogP contribution in [0.25, 0.3) is 0 Å². The SMILES string of the molecule is COC(=O)c1cc(NCc2cc(Cl)ccc2OC)c(F)cc1F. The smallest absolute Gasteiger partial charge is 0.340 e. The highest BCUT2D eigenvalue weighted by molar-refractivity contribution is 6.30. The molecule has 0 fully saturated rings. The van der Waals surface area contributed by atoms with Crippen molar-refractivity contribution in [1.29, 1.82) is 0 Å². The lowest BCUT2D eigenvalue weighted by molar-refractivity contribution is 0.0595. The Bertz CT molecular complexity index is 738. The Morgan fingerprint density at radius 1 is 1.17 bits per heavy atom. The Kier molecular flexibility index (Phi) is 5.39. The molecule has 0 amide bonds. The van der Waals surface area contributed by atoms with Gasteiger partial charge in [0.1, 0.15) is 17.4 Å². The fraction of sp³-hybridized carbons (Fsp3) is 0.188. The molecule has 4 nitrogen and oxygen atoms in total. The Balaban J connectivity index is 2.27. The van der Waals surface area contributed by atoms with Gasteiger partial charge in [-0.15, -0.1) is 0 Å². The molecule has 0 saturated heterocycles. The van der Waals surface area contributed by atoms with Crippen molar-refractivity contribution in [2.45, 2.75) is 6.54 Å². The summed E-state index contributed by atoms with van der Waals surface area (Å²) in [6.45, 7) is 0.174. The average Bonchev–Trinajstić information content (AvgIpc) is 2.53. The van der Waals surface area contributed by atoms with E-state index in [1.807, 2.05) is 0 Å². The molecule has 23 heavy (non-hydrogen) atoms. The van der Waals surface area contributed by atoms with E-state index in [1.54, 1.807) is 18.2 Å². The van der Waals surface area contributed by atoms with Gasteiger partial charge in [0.25, 0.3) is 0 Å². The van der Waals surface area contributed by atoms with Crippen molar-refractivity contribution >= 4 is 23.3 Å². The van der Waals surface area contributed by atoms with Gasteiger partial charge in [0.2, 0.25) is 0 Å². The highest BCUT2D eigenvalue weighted by Crippen LogP contribution is 2.25. The summed E-state index contributed by atoms with van der Waals surface area (Å²) in [4.78, 5) is 11.5. The summed E-state index contributed by atoms with van der Waals surface area (Å²) in [7, 11) is 2.62. The quantitative estimate of drug-likeness (QED) is 0.834. The molecule has 2 aromatic rings. The second-order valence-electron chi connectivity index (χ2n) is 4.61. The number of methoxy groups -OCH3 is 2. The summed E-state index contributed by atoms with van der Waals surface area (Å²) < 4.78 is 37.1. The lowest BCUT2D eigenvalue weighted by atomic mass is 10.1. The molecule has 0 saturated carbocycles. The maximum atomic E-state index is 13.9. The van der Waals surface area contributed by atoms with Crippen molar-refractivity contribution in [3.8, 4) is 5.75 Å². The molecule has 0 bridgehead atoms. The fourth-order valence-electron chi connectivity index (χ4n) is 2.03. The molecule has 2 aromatic carbocycles. The van der Waals surface area contributed by atoms with Crippen LogP contribution in [0.3, 0.4) is 0 Å². The van der Waals surface area contributed by atoms with E-state index >= 15 is 0 Å². The summed E-state index contributed by atoms with van der Waals surface area (Å²) in [6.07, 6.45) is 0. The molecular weight excluding hydrogens is 328 g/mol. The van der Waals surface area contributed by atoms with Gasteiger partial charge in [-0.05, 0) is 24.3 Å². The first kappa shape index (κ1) is 17.0. The van der Waals surface area contributed by atoms with Crippen molar-refractivity contribution in [2.24, 2.45) is 0 Å². The van der Waals surface area contributed by atoms with Crippen LogP contribution in [0.15, 0.2) is 30.3 Å². The zero-order valence-electron chi connectivity index (χ0n) is 12.5. The maximum absolute atomic E-state index is 13.9. The van der Waals surface area contributed by atoms with Crippen molar-refractivity contribution in [2.75, 3.05) is 19.5 Å².